The number of amides is 1. The first-order valence-electron chi connectivity index (χ1n) is 5.41. The summed E-state index contributed by atoms with van der Waals surface area (Å²) in [5.41, 5.74) is 0. The van der Waals surface area contributed by atoms with Gasteiger partial charge in [0, 0.05) is 13.1 Å². The summed E-state index contributed by atoms with van der Waals surface area (Å²) in [4.78, 5) is 12.7. The highest BCUT2D eigenvalue weighted by atomic mass is 19.4. The molecule has 0 radical (unpaired) electrons. The summed E-state index contributed by atoms with van der Waals surface area (Å²) in [5.74, 6) is -0.524. The van der Waals surface area contributed by atoms with Gasteiger partial charge in [-0.1, -0.05) is 0 Å². The van der Waals surface area contributed by atoms with Crippen LogP contribution >= 0.6 is 0 Å². The molecule has 1 aliphatic rings. The van der Waals surface area contributed by atoms with E-state index in [0.29, 0.717) is 13.1 Å². The standard InChI is InChI=1S/C10H17F3N2O/c1-14-6-8-3-2-4-15(7-8)9(16)5-10(11,12)13/h8,14H,2-7H2,1H3/t8-/m0/s1. The molecule has 1 atom stereocenters. The minimum atomic E-state index is -4.40. The van der Waals surface area contributed by atoms with Gasteiger partial charge in [0.1, 0.15) is 6.42 Å². The number of nitrogens with one attached hydrogen (secondary N) is 1. The first-order valence-corrected chi connectivity index (χ1v) is 5.41. The van der Waals surface area contributed by atoms with E-state index < -0.39 is 18.5 Å². The monoisotopic (exact) mass is 238 g/mol. The minimum absolute atomic E-state index is 0.274. The Balaban J connectivity index is 2.44. The van der Waals surface area contributed by atoms with E-state index in [1.165, 1.54) is 4.90 Å². The van der Waals surface area contributed by atoms with Gasteiger partial charge in [0.25, 0.3) is 0 Å². The van der Waals surface area contributed by atoms with Gasteiger partial charge >= 0.3 is 6.18 Å². The van der Waals surface area contributed by atoms with Crippen LogP contribution in [0.25, 0.3) is 0 Å². The summed E-state index contributed by atoms with van der Waals surface area (Å²) in [5, 5.41) is 2.98. The number of nitrogens with zero attached hydrogens (tertiary/aromatic N) is 1. The number of hydrogen-bond acceptors (Lipinski definition) is 2. The molecule has 0 bridgehead atoms. The van der Waals surface area contributed by atoms with Crippen molar-refractivity contribution in [2.45, 2.75) is 25.4 Å². The Morgan fingerprint density at radius 3 is 2.75 bits per heavy atom. The van der Waals surface area contributed by atoms with E-state index in [9.17, 15) is 18.0 Å². The summed E-state index contributed by atoms with van der Waals surface area (Å²) < 4.78 is 36.1. The summed E-state index contributed by atoms with van der Waals surface area (Å²) in [6.07, 6.45) is -3.97. The lowest BCUT2D eigenvalue weighted by atomic mass is 9.98. The van der Waals surface area contributed by atoms with Crippen molar-refractivity contribution < 1.29 is 18.0 Å². The van der Waals surface area contributed by atoms with E-state index in [1.54, 1.807) is 7.05 Å². The Morgan fingerprint density at radius 2 is 2.19 bits per heavy atom. The van der Waals surface area contributed by atoms with Crippen LogP contribution in [0.3, 0.4) is 0 Å². The Morgan fingerprint density at radius 1 is 1.50 bits per heavy atom. The van der Waals surface area contributed by atoms with Crippen LogP contribution in [0.2, 0.25) is 0 Å². The molecular weight excluding hydrogens is 221 g/mol. The number of likely N-dealkylation sites (tertiary alicyclic amines) is 1. The van der Waals surface area contributed by atoms with E-state index in [-0.39, 0.29) is 5.92 Å². The molecule has 1 fully saturated rings. The zero-order valence-electron chi connectivity index (χ0n) is 9.31. The Bertz CT molecular complexity index is 241. The van der Waals surface area contributed by atoms with Crippen LogP contribution in [0.4, 0.5) is 13.2 Å². The van der Waals surface area contributed by atoms with Crippen molar-refractivity contribution in [1.29, 1.82) is 0 Å². The van der Waals surface area contributed by atoms with E-state index in [2.05, 4.69) is 5.32 Å². The van der Waals surface area contributed by atoms with Crippen LogP contribution in [0.1, 0.15) is 19.3 Å². The fourth-order valence-electron chi connectivity index (χ4n) is 2.03. The number of piperidine rings is 1. The van der Waals surface area contributed by atoms with Crippen LogP contribution < -0.4 is 5.32 Å². The second-order valence-corrected chi connectivity index (χ2v) is 4.20. The van der Waals surface area contributed by atoms with Crippen LogP contribution in [-0.4, -0.2) is 43.7 Å². The number of carbonyl (C=O) groups excluding carboxylic acids is 1. The maximum atomic E-state index is 12.0. The molecule has 1 heterocycles. The lowest BCUT2D eigenvalue weighted by Crippen LogP contribution is -2.43. The van der Waals surface area contributed by atoms with Gasteiger partial charge in [-0.15, -0.1) is 0 Å². The molecular formula is C10H17F3N2O. The third-order valence-electron chi connectivity index (χ3n) is 2.72. The smallest absolute Gasteiger partial charge is 0.342 e. The highest BCUT2D eigenvalue weighted by Gasteiger charge is 2.34. The van der Waals surface area contributed by atoms with Gasteiger partial charge in [-0.05, 0) is 32.4 Å². The van der Waals surface area contributed by atoms with Gasteiger partial charge in [-0.25, -0.2) is 0 Å². The van der Waals surface area contributed by atoms with Crippen LogP contribution in [0.15, 0.2) is 0 Å². The van der Waals surface area contributed by atoms with Gasteiger partial charge in [0.15, 0.2) is 0 Å². The van der Waals surface area contributed by atoms with Crippen LogP contribution in [-0.2, 0) is 4.79 Å². The first kappa shape index (κ1) is 13.3. The number of alkyl halides is 3. The highest BCUT2D eigenvalue weighted by Crippen LogP contribution is 2.23. The number of carbonyl (C=O) groups is 1. The summed E-state index contributed by atoms with van der Waals surface area (Å²) in [6.45, 7) is 1.64. The topological polar surface area (TPSA) is 32.3 Å². The lowest BCUT2D eigenvalue weighted by molar-refractivity contribution is -0.162. The molecule has 94 valence electrons. The predicted molar refractivity (Wildman–Crippen MR) is 53.9 cm³/mol. The van der Waals surface area contributed by atoms with Crippen LogP contribution in [0.5, 0.6) is 0 Å². The van der Waals surface area contributed by atoms with Crippen molar-refractivity contribution in [1.82, 2.24) is 10.2 Å². The van der Waals surface area contributed by atoms with E-state index in [4.69, 9.17) is 0 Å². The Labute approximate surface area is 93.0 Å². The van der Waals surface area contributed by atoms with Gasteiger partial charge in [0.05, 0.1) is 0 Å². The van der Waals surface area contributed by atoms with Crippen molar-refractivity contribution in [3.63, 3.8) is 0 Å². The lowest BCUT2D eigenvalue weighted by Gasteiger charge is -2.33. The summed E-state index contributed by atoms with van der Waals surface area (Å²) in [7, 11) is 1.80. The molecule has 1 amide bonds. The maximum Gasteiger partial charge on any atom is 0.397 e. The quantitative estimate of drug-likeness (QED) is 0.806. The second kappa shape index (κ2) is 5.52. The van der Waals surface area contributed by atoms with Gasteiger partial charge in [-0.2, -0.15) is 13.2 Å². The second-order valence-electron chi connectivity index (χ2n) is 4.20. The zero-order chi connectivity index (χ0) is 12.2. The zero-order valence-corrected chi connectivity index (χ0v) is 9.31. The number of hydrogen-bond donors (Lipinski definition) is 1. The molecule has 0 spiro atoms. The molecule has 1 aliphatic heterocycles. The molecule has 6 heteroatoms. The molecule has 1 N–H and O–H groups in total. The molecule has 16 heavy (non-hydrogen) atoms. The first-order chi connectivity index (χ1) is 7.42. The van der Waals surface area contributed by atoms with Gasteiger partial charge in [0.2, 0.25) is 5.91 Å². The third-order valence-corrected chi connectivity index (χ3v) is 2.72. The largest absolute Gasteiger partial charge is 0.397 e. The minimum Gasteiger partial charge on any atom is -0.342 e. The summed E-state index contributed by atoms with van der Waals surface area (Å²) >= 11 is 0. The molecule has 0 aromatic heterocycles. The average Bonchev–Trinajstić information content (AvgIpc) is 2.16. The molecule has 0 aromatic carbocycles. The SMILES string of the molecule is CNC[C@@H]1CCCN(C(=O)CC(F)(F)F)C1. The molecule has 0 unspecified atom stereocenters. The van der Waals surface area contributed by atoms with Crippen molar-refractivity contribution >= 4 is 5.91 Å². The molecule has 1 saturated heterocycles. The number of rotatable bonds is 3. The molecule has 0 saturated carbocycles. The van der Waals surface area contributed by atoms with Crippen molar-refractivity contribution in [2.24, 2.45) is 5.92 Å². The molecule has 0 aliphatic carbocycles. The fourth-order valence-corrected chi connectivity index (χ4v) is 2.03. The van der Waals surface area contributed by atoms with Crippen molar-refractivity contribution in [3.8, 4) is 0 Å². The van der Waals surface area contributed by atoms with Crippen molar-refractivity contribution in [2.75, 3.05) is 26.7 Å². The summed E-state index contributed by atoms with van der Waals surface area (Å²) in [6, 6.07) is 0. The predicted octanol–water partition coefficient (Wildman–Crippen LogP) is 1.40. The van der Waals surface area contributed by atoms with Gasteiger partial charge < -0.3 is 10.2 Å². The third kappa shape index (κ3) is 4.38. The van der Waals surface area contributed by atoms with E-state index >= 15 is 0 Å². The van der Waals surface area contributed by atoms with E-state index in [1.807, 2.05) is 0 Å². The fraction of sp³-hybridized carbons (Fsp3) is 0.900. The molecule has 1 rings (SSSR count). The molecule has 3 nitrogen and oxygen atoms in total. The Hall–Kier alpha value is -0.780. The van der Waals surface area contributed by atoms with Crippen molar-refractivity contribution in [3.05, 3.63) is 0 Å². The van der Waals surface area contributed by atoms with Gasteiger partial charge in [-0.3, -0.25) is 4.79 Å². The van der Waals surface area contributed by atoms with E-state index in [0.717, 1.165) is 19.4 Å². The highest BCUT2D eigenvalue weighted by molar-refractivity contribution is 5.76. The number of halogens is 3. The Kier molecular flexibility index (Phi) is 4.58. The normalized spacial score (nSPS) is 22.2. The average molecular weight is 238 g/mol. The molecule has 0 aromatic rings. The van der Waals surface area contributed by atoms with Crippen LogP contribution in [0, 0.1) is 5.92 Å². The maximum absolute atomic E-state index is 12.0.